The van der Waals surface area contributed by atoms with Gasteiger partial charge in [0, 0.05) is 22.7 Å². The predicted molar refractivity (Wildman–Crippen MR) is 123 cm³/mol. The quantitative estimate of drug-likeness (QED) is 0.360. The summed E-state index contributed by atoms with van der Waals surface area (Å²) in [7, 11) is -3.83. The first-order valence-corrected chi connectivity index (χ1v) is 12.4. The maximum atomic E-state index is 12.9. The fraction of sp³-hybridized carbons (Fsp3) is 0.333. The number of para-hydroxylation sites is 1. The number of fused-ring (bicyclic) bond motifs is 1. The summed E-state index contributed by atoms with van der Waals surface area (Å²) >= 11 is 0. The van der Waals surface area contributed by atoms with Crippen molar-refractivity contribution in [2.45, 2.75) is 50.2 Å². The minimum absolute atomic E-state index is 0.0915. The highest BCUT2D eigenvalue weighted by Gasteiger charge is 2.34. The topological polar surface area (TPSA) is 118 Å². The predicted octanol–water partition coefficient (Wildman–Crippen LogP) is 3.46. The molecule has 8 nitrogen and oxygen atoms in total. The lowest BCUT2D eigenvalue weighted by atomic mass is 9.85. The molecule has 4 rings (SSSR count). The van der Waals surface area contributed by atoms with E-state index in [1.165, 1.54) is 12.1 Å². The molecule has 0 bridgehead atoms. The maximum Gasteiger partial charge on any atom is 0.248 e. The number of hydrogen-bond acceptors (Lipinski definition) is 6. The van der Waals surface area contributed by atoms with Gasteiger partial charge in [-0.25, -0.2) is 18.6 Å². The summed E-state index contributed by atoms with van der Waals surface area (Å²) in [6.07, 6.45) is 2.69. The second-order valence-corrected chi connectivity index (χ2v) is 10.0. The van der Waals surface area contributed by atoms with Gasteiger partial charge in [-0.05, 0) is 56.2 Å². The third kappa shape index (κ3) is 5.32. The molecule has 1 aliphatic carbocycles. The number of rotatable bonds is 7. The number of hydrogen-bond donors (Lipinski definition) is 3. The zero-order chi connectivity index (χ0) is 23.4. The molecular weight excluding hydrogens is 442 g/mol. The van der Waals surface area contributed by atoms with Crippen LogP contribution in [-0.2, 0) is 21.4 Å². The van der Waals surface area contributed by atoms with Crippen molar-refractivity contribution in [1.29, 1.82) is 0 Å². The molecule has 1 aliphatic rings. The second-order valence-electron chi connectivity index (χ2n) is 8.29. The molecule has 9 heteroatoms. The van der Waals surface area contributed by atoms with E-state index in [4.69, 9.17) is 9.94 Å². The smallest absolute Gasteiger partial charge is 0.248 e. The maximum absolute atomic E-state index is 12.9. The van der Waals surface area contributed by atoms with Crippen LogP contribution in [-0.4, -0.2) is 30.6 Å². The minimum atomic E-state index is -3.83. The van der Waals surface area contributed by atoms with Crippen molar-refractivity contribution in [3.05, 3.63) is 65.9 Å². The Morgan fingerprint density at radius 1 is 1.12 bits per heavy atom. The average Bonchev–Trinajstić information content (AvgIpc) is 2.82. The van der Waals surface area contributed by atoms with E-state index in [0.29, 0.717) is 25.2 Å². The van der Waals surface area contributed by atoms with E-state index in [1.54, 1.807) is 17.6 Å². The zero-order valence-corrected chi connectivity index (χ0v) is 19.1. The van der Waals surface area contributed by atoms with E-state index in [0.717, 1.165) is 35.0 Å². The van der Waals surface area contributed by atoms with Gasteiger partial charge in [0.05, 0.1) is 16.3 Å². The van der Waals surface area contributed by atoms with Crippen molar-refractivity contribution >= 4 is 26.8 Å². The highest BCUT2D eigenvalue weighted by Crippen LogP contribution is 2.27. The molecule has 1 saturated carbocycles. The molecule has 1 fully saturated rings. The van der Waals surface area contributed by atoms with Gasteiger partial charge in [0.1, 0.15) is 12.4 Å². The van der Waals surface area contributed by atoms with E-state index in [1.807, 2.05) is 37.3 Å². The molecular formula is C24H27N3O5S. The number of aryl methyl sites for hydroxylation is 1. The van der Waals surface area contributed by atoms with Crippen LogP contribution in [0.15, 0.2) is 59.5 Å². The van der Waals surface area contributed by atoms with Gasteiger partial charge in [-0.15, -0.1) is 0 Å². The molecule has 3 N–H and O–H groups in total. The summed E-state index contributed by atoms with van der Waals surface area (Å²) in [5.41, 5.74) is 4.45. The van der Waals surface area contributed by atoms with Gasteiger partial charge < -0.3 is 4.74 Å². The lowest BCUT2D eigenvalue weighted by Crippen LogP contribution is -2.47. The Morgan fingerprint density at radius 2 is 1.85 bits per heavy atom. The van der Waals surface area contributed by atoms with Crippen molar-refractivity contribution in [3.63, 3.8) is 0 Å². The van der Waals surface area contributed by atoms with Crippen molar-refractivity contribution in [1.82, 2.24) is 15.2 Å². The van der Waals surface area contributed by atoms with Gasteiger partial charge in [-0.3, -0.25) is 15.0 Å². The fourth-order valence-corrected chi connectivity index (χ4v) is 5.64. The first-order chi connectivity index (χ1) is 15.9. The first-order valence-electron chi connectivity index (χ1n) is 10.9. The van der Waals surface area contributed by atoms with Gasteiger partial charge >= 0.3 is 0 Å². The summed E-state index contributed by atoms with van der Waals surface area (Å²) < 4.78 is 34.3. The van der Waals surface area contributed by atoms with E-state index in [9.17, 15) is 13.2 Å². The van der Waals surface area contributed by atoms with Gasteiger partial charge in [0.15, 0.2) is 0 Å². The number of ether oxygens (including phenoxy) is 1. The van der Waals surface area contributed by atoms with Crippen LogP contribution in [0.5, 0.6) is 5.75 Å². The van der Waals surface area contributed by atoms with E-state index < -0.39 is 27.9 Å². The Labute approximate surface area is 193 Å². The average molecular weight is 470 g/mol. The SMILES string of the molecule is Cc1cc(COc2ccc(S(=O)(=O)N[C@H]3CCCC[C@H]3C(=O)NO)cc2)c2ccccc2n1. The molecule has 174 valence electrons. The van der Waals surface area contributed by atoms with Crippen LogP contribution in [0, 0.1) is 12.8 Å². The van der Waals surface area contributed by atoms with Crippen LogP contribution >= 0.6 is 0 Å². The number of aromatic nitrogens is 1. The number of carbonyl (C=O) groups excluding carboxylic acids is 1. The standard InChI is InChI=1S/C24H27N3O5S/c1-16-14-17(20-6-2-4-8-22(20)25-16)15-32-18-10-12-19(13-11-18)33(30,31)27-23-9-5-3-7-21(23)24(28)26-29/h2,4,6,8,10-14,21,23,27,29H,3,5,7,9,15H2,1H3,(H,26,28)/t21-,23+/m1/s1. The number of nitrogens with one attached hydrogen (secondary N) is 2. The molecule has 2 atom stereocenters. The molecule has 33 heavy (non-hydrogen) atoms. The Hall–Kier alpha value is -3.01. The molecule has 1 amide bonds. The van der Waals surface area contributed by atoms with Crippen LogP contribution in [0.1, 0.15) is 36.9 Å². The van der Waals surface area contributed by atoms with Crippen LogP contribution in [0.3, 0.4) is 0 Å². The van der Waals surface area contributed by atoms with Crippen LogP contribution in [0.2, 0.25) is 0 Å². The molecule has 3 aromatic rings. The van der Waals surface area contributed by atoms with E-state index in [-0.39, 0.29) is 4.90 Å². The monoisotopic (exact) mass is 469 g/mol. The van der Waals surface area contributed by atoms with E-state index >= 15 is 0 Å². The zero-order valence-electron chi connectivity index (χ0n) is 18.3. The summed E-state index contributed by atoms with van der Waals surface area (Å²) in [6.45, 7) is 2.26. The number of nitrogens with zero attached hydrogens (tertiary/aromatic N) is 1. The summed E-state index contributed by atoms with van der Waals surface area (Å²) in [5, 5.41) is 9.98. The number of amides is 1. The van der Waals surface area contributed by atoms with Gasteiger partial charge in [-0.1, -0.05) is 31.0 Å². The van der Waals surface area contributed by atoms with Crippen molar-refractivity contribution in [3.8, 4) is 5.75 Å². The molecule has 0 saturated heterocycles. The minimum Gasteiger partial charge on any atom is -0.489 e. The van der Waals surface area contributed by atoms with Crippen LogP contribution in [0.4, 0.5) is 0 Å². The van der Waals surface area contributed by atoms with Crippen LogP contribution in [0.25, 0.3) is 10.9 Å². The van der Waals surface area contributed by atoms with Crippen molar-refractivity contribution < 1.29 is 23.2 Å². The molecule has 1 aromatic heterocycles. The van der Waals surface area contributed by atoms with Gasteiger partial charge in [0.25, 0.3) is 0 Å². The molecule has 0 spiro atoms. The lowest BCUT2D eigenvalue weighted by molar-refractivity contribution is -0.135. The van der Waals surface area contributed by atoms with Crippen LogP contribution < -0.4 is 14.9 Å². The highest BCUT2D eigenvalue weighted by atomic mass is 32.2. The number of sulfonamides is 1. The molecule has 0 radical (unpaired) electrons. The number of benzene rings is 2. The Morgan fingerprint density at radius 3 is 2.61 bits per heavy atom. The summed E-state index contributed by atoms with van der Waals surface area (Å²) in [6, 6.07) is 15.5. The Balaban J connectivity index is 1.45. The molecule has 0 aliphatic heterocycles. The first kappa shape index (κ1) is 23.2. The van der Waals surface area contributed by atoms with Gasteiger partial charge in [-0.2, -0.15) is 0 Å². The summed E-state index contributed by atoms with van der Waals surface area (Å²) in [5.74, 6) is -0.618. The highest BCUT2D eigenvalue weighted by molar-refractivity contribution is 7.89. The molecule has 1 heterocycles. The van der Waals surface area contributed by atoms with Crippen molar-refractivity contribution in [2.75, 3.05) is 0 Å². The Kier molecular flexibility index (Phi) is 6.92. The van der Waals surface area contributed by atoms with Gasteiger partial charge in [0.2, 0.25) is 15.9 Å². The fourth-order valence-electron chi connectivity index (χ4n) is 4.33. The summed E-state index contributed by atoms with van der Waals surface area (Å²) in [4.78, 5) is 16.5. The number of hydroxylamine groups is 1. The lowest BCUT2D eigenvalue weighted by Gasteiger charge is -2.30. The van der Waals surface area contributed by atoms with E-state index in [2.05, 4.69) is 9.71 Å². The number of carbonyl (C=O) groups is 1. The third-order valence-corrected chi connectivity index (χ3v) is 7.48. The largest absolute Gasteiger partial charge is 0.489 e. The second kappa shape index (κ2) is 9.86. The molecule has 2 aromatic carbocycles. The Bertz CT molecular complexity index is 1240. The molecule has 0 unspecified atom stereocenters. The van der Waals surface area contributed by atoms with Crippen molar-refractivity contribution in [2.24, 2.45) is 5.92 Å². The third-order valence-electron chi connectivity index (χ3n) is 5.98. The normalized spacial score (nSPS) is 18.7. The number of pyridine rings is 1.